The van der Waals surface area contributed by atoms with E-state index in [2.05, 4.69) is 30.6 Å². The second kappa shape index (κ2) is 6.57. The fourth-order valence-electron chi connectivity index (χ4n) is 4.70. The van der Waals surface area contributed by atoms with E-state index < -0.39 is 12.1 Å². The third kappa shape index (κ3) is 3.06. The molecule has 3 fully saturated rings. The Balaban J connectivity index is 1.70. The average molecular weight is 360 g/mol. The van der Waals surface area contributed by atoms with Crippen LogP contribution in [0.15, 0.2) is 0 Å². The van der Waals surface area contributed by atoms with Crippen molar-refractivity contribution in [1.29, 1.82) is 5.26 Å². The molecule has 26 heavy (non-hydrogen) atoms. The Morgan fingerprint density at radius 3 is 2.65 bits per heavy atom. The summed E-state index contributed by atoms with van der Waals surface area (Å²) in [7, 11) is 0. The van der Waals surface area contributed by atoms with Crippen molar-refractivity contribution in [3.05, 3.63) is 0 Å². The summed E-state index contributed by atoms with van der Waals surface area (Å²) in [6.45, 7) is 9.16. The van der Waals surface area contributed by atoms with Crippen molar-refractivity contribution in [3.63, 3.8) is 0 Å². The van der Waals surface area contributed by atoms with Gasteiger partial charge in [-0.3, -0.25) is 14.4 Å². The molecule has 142 valence electrons. The normalized spacial score (nSPS) is 32.6. The van der Waals surface area contributed by atoms with Crippen molar-refractivity contribution in [1.82, 2.24) is 15.5 Å². The first-order valence-corrected chi connectivity index (χ1v) is 9.46. The molecule has 5 unspecified atom stereocenters. The number of carbonyl (C=O) groups excluding carboxylic acids is 3. The van der Waals surface area contributed by atoms with Gasteiger partial charge in [0.25, 0.3) is 0 Å². The van der Waals surface area contributed by atoms with Crippen molar-refractivity contribution < 1.29 is 14.4 Å². The van der Waals surface area contributed by atoms with Gasteiger partial charge in [0.05, 0.1) is 6.07 Å². The highest BCUT2D eigenvalue weighted by molar-refractivity contribution is 5.90. The zero-order valence-corrected chi connectivity index (χ0v) is 15.9. The first kappa shape index (κ1) is 18.7. The molecule has 0 aromatic rings. The Kier molecular flexibility index (Phi) is 4.72. The summed E-state index contributed by atoms with van der Waals surface area (Å²) < 4.78 is 0. The van der Waals surface area contributed by atoms with E-state index in [-0.39, 0.29) is 40.9 Å². The van der Waals surface area contributed by atoms with Gasteiger partial charge in [0.15, 0.2) is 0 Å². The smallest absolute Gasteiger partial charge is 0.244 e. The standard InChI is InChI=1S/C19H28N4O3/c1-10(2)18(26)23-9-13-14(19(13,3)4)15(23)17(25)22-12(8-20)7-11-5-6-21-16(11)24/h10-15H,5-7,9H2,1-4H3,(H,21,24)(H,22,25). The number of likely N-dealkylation sites (tertiary alicyclic amines) is 1. The van der Waals surface area contributed by atoms with Gasteiger partial charge in [-0.15, -0.1) is 0 Å². The van der Waals surface area contributed by atoms with Crippen LogP contribution in [-0.4, -0.2) is 47.8 Å². The van der Waals surface area contributed by atoms with Gasteiger partial charge < -0.3 is 15.5 Å². The minimum Gasteiger partial charge on any atom is -0.356 e. The van der Waals surface area contributed by atoms with Crippen LogP contribution in [0.25, 0.3) is 0 Å². The maximum Gasteiger partial charge on any atom is 0.244 e. The molecular weight excluding hydrogens is 332 g/mol. The van der Waals surface area contributed by atoms with Gasteiger partial charge in [-0.05, 0) is 30.1 Å². The topological polar surface area (TPSA) is 102 Å². The molecular formula is C19H28N4O3. The first-order valence-electron chi connectivity index (χ1n) is 9.46. The number of nitrogens with zero attached hydrogens (tertiary/aromatic N) is 2. The lowest BCUT2D eigenvalue weighted by Gasteiger charge is -2.32. The number of fused-ring (bicyclic) bond motifs is 1. The van der Waals surface area contributed by atoms with E-state index in [0.717, 1.165) is 0 Å². The molecule has 2 heterocycles. The third-order valence-electron chi connectivity index (χ3n) is 6.41. The molecule has 5 atom stereocenters. The van der Waals surface area contributed by atoms with E-state index in [1.165, 1.54) is 0 Å². The number of nitriles is 1. The maximum absolute atomic E-state index is 13.0. The summed E-state index contributed by atoms with van der Waals surface area (Å²) in [5, 5.41) is 15.0. The number of carbonyl (C=O) groups is 3. The summed E-state index contributed by atoms with van der Waals surface area (Å²) in [5.41, 5.74) is 0.0449. The Bertz CT molecular complexity index is 666. The summed E-state index contributed by atoms with van der Waals surface area (Å²) in [6.07, 6.45) is 1.00. The van der Waals surface area contributed by atoms with Crippen LogP contribution in [0.5, 0.6) is 0 Å². The van der Waals surface area contributed by atoms with Crippen LogP contribution in [-0.2, 0) is 14.4 Å². The lowest BCUT2D eigenvalue weighted by Crippen LogP contribution is -2.53. The van der Waals surface area contributed by atoms with Gasteiger partial charge in [0.2, 0.25) is 17.7 Å². The van der Waals surface area contributed by atoms with Gasteiger partial charge in [-0.1, -0.05) is 27.7 Å². The van der Waals surface area contributed by atoms with E-state index in [1.54, 1.807) is 4.90 Å². The quantitative estimate of drug-likeness (QED) is 0.752. The number of rotatable bonds is 5. The molecule has 0 aromatic heterocycles. The van der Waals surface area contributed by atoms with Gasteiger partial charge >= 0.3 is 0 Å². The lowest BCUT2D eigenvalue weighted by molar-refractivity contribution is -0.142. The molecule has 0 bridgehead atoms. The maximum atomic E-state index is 13.0. The molecule has 0 radical (unpaired) electrons. The summed E-state index contributed by atoms with van der Waals surface area (Å²) in [5.74, 6) is -0.262. The first-order chi connectivity index (χ1) is 12.2. The van der Waals surface area contributed by atoms with Crippen LogP contribution in [0.1, 0.15) is 40.5 Å². The SMILES string of the molecule is CC(C)C(=O)N1CC2C(C1C(=O)NC(C#N)CC1CCNC1=O)C2(C)C. The average Bonchev–Trinajstić information content (AvgIpc) is 2.95. The predicted molar refractivity (Wildman–Crippen MR) is 94.4 cm³/mol. The van der Waals surface area contributed by atoms with Crippen molar-refractivity contribution >= 4 is 17.7 Å². The molecule has 7 nitrogen and oxygen atoms in total. The van der Waals surface area contributed by atoms with Gasteiger partial charge in [0.1, 0.15) is 12.1 Å². The molecule has 1 saturated carbocycles. The number of amides is 3. The Morgan fingerprint density at radius 2 is 2.12 bits per heavy atom. The molecule has 0 spiro atoms. The van der Waals surface area contributed by atoms with E-state index in [1.807, 2.05) is 13.8 Å². The second-order valence-corrected chi connectivity index (χ2v) is 8.75. The zero-order chi connectivity index (χ0) is 19.2. The molecule has 0 aromatic carbocycles. The monoisotopic (exact) mass is 360 g/mol. The van der Waals surface area contributed by atoms with Crippen molar-refractivity contribution in [3.8, 4) is 6.07 Å². The molecule has 1 aliphatic carbocycles. The third-order valence-corrected chi connectivity index (χ3v) is 6.41. The molecule has 7 heteroatoms. The van der Waals surface area contributed by atoms with Crippen LogP contribution in [0.2, 0.25) is 0 Å². The van der Waals surface area contributed by atoms with Gasteiger partial charge in [-0.2, -0.15) is 5.26 Å². The van der Waals surface area contributed by atoms with Gasteiger partial charge in [-0.25, -0.2) is 0 Å². The fourth-order valence-corrected chi connectivity index (χ4v) is 4.70. The minimum absolute atomic E-state index is 0.0168. The summed E-state index contributed by atoms with van der Waals surface area (Å²) >= 11 is 0. The minimum atomic E-state index is -0.715. The lowest BCUT2D eigenvalue weighted by atomic mass is 9.97. The van der Waals surface area contributed by atoms with E-state index >= 15 is 0 Å². The van der Waals surface area contributed by atoms with E-state index in [0.29, 0.717) is 31.8 Å². The number of nitrogens with one attached hydrogen (secondary N) is 2. The Morgan fingerprint density at radius 1 is 1.42 bits per heavy atom. The highest BCUT2D eigenvalue weighted by Crippen LogP contribution is 2.64. The fraction of sp³-hybridized carbons (Fsp3) is 0.789. The highest BCUT2D eigenvalue weighted by atomic mass is 16.2. The van der Waals surface area contributed by atoms with Crippen molar-refractivity contribution in [2.75, 3.05) is 13.1 Å². The molecule has 3 amide bonds. The van der Waals surface area contributed by atoms with Gasteiger partial charge in [0, 0.05) is 24.9 Å². The highest BCUT2D eigenvalue weighted by Gasteiger charge is 2.69. The Hall–Kier alpha value is -2.10. The molecule has 3 aliphatic rings. The largest absolute Gasteiger partial charge is 0.356 e. The van der Waals surface area contributed by atoms with Crippen LogP contribution >= 0.6 is 0 Å². The Labute approximate surface area is 154 Å². The molecule has 2 aliphatic heterocycles. The second-order valence-electron chi connectivity index (χ2n) is 8.75. The zero-order valence-electron chi connectivity index (χ0n) is 15.9. The molecule has 3 rings (SSSR count). The van der Waals surface area contributed by atoms with Crippen molar-refractivity contribution in [2.45, 2.75) is 52.6 Å². The van der Waals surface area contributed by atoms with E-state index in [9.17, 15) is 19.6 Å². The predicted octanol–water partition coefficient (Wildman–Crippen LogP) is 0.660. The van der Waals surface area contributed by atoms with E-state index in [4.69, 9.17) is 0 Å². The van der Waals surface area contributed by atoms with Crippen LogP contribution in [0, 0.1) is 40.4 Å². The summed E-state index contributed by atoms with van der Waals surface area (Å²) in [4.78, 5) is 39.0. The molecule has 2 saturated heterocycles. The number of hydrogen-bond acceptors (Lipinski definition) is 4. The molecule has 2 N–H and O–H groups in total. The number of piperidine rings is 1. The van der Waals surface area contributed by atoms with Crippen LogP contribution in [0.3, 0.4) is 0 Å². The number of hydrogen-bond donors (Lipinski definition) is 2. The summed E-state index contributed by atoms with van der Waals surface area (Å²) in [6, 6.07) is 0.874. The van der Waals surface area contributed by atoms with Crippen molar-refractivity contribution in [2.24, 2.45) is 29.1 Å². The van der Waals surface area contributed by atoms with Crippen LogP contribution in [0.4, 0.5) is 0 Å². The van der Waals surface area contributed by atoms with Crippen LogP contribution < -0.4 is 10.6 Å².